The van der Waals surface area contributed by atoms with Crippen LogP contribution in [0.15, 0.2) is 0 Å². The van der Waals surface area contributed by atoms with E-state index in [1.165, 1.54) is 154 Å². The van der Waals surface area contributed by atoms with Gasteiger partial charge in [-0.1, -0.05) is 90.9 Å². The first-order chi connectivity index (χ1) is 27.2. The first-order valence-corrected chi connectivity index (χ1v) is 24.6. The number of rotatable bonds is 0. The standard InChI is InChI=1S/2C7H14.2C6H13N.2C6H12O.C5H12N2.C5H11NO/c2*1-7-5-3-2-4-6-7;4*1-6-4-2-3-5-7-6;1-5-4-6-2-3-7-5;1-5-4-7-3-2-6-5/h2*7H,2-6H2,1H3;2*6-7H,2-5H2,1H3;2*6H,2-5H2,1H3;5-7H,2-4H2,1H3;5-6H,2-4H2,1H3/t;;4*6-;2*5-/m..101000/s1. The van der Waals surface area contributed by atoms with Gasteiger partial charge in [0.1, 0.15) is 0 Å². The second-order valence-electron chi connectivity index (χ2n) is 18.5. The number of hydrogen-bond acceptors (Lipinski definition) is 8. The molecule has 0 spiro atoms. The zero-order valence-corrected chi connectivity index (χ0v) is 39.0. The monoisotopic (exact) mass is 796 g/mol. The summed E-state index contributed by atoms with van der Waals surface area (Å²) >= 11 is 0. The molecule has 5 N–H and O–H groups in total. The molecule has 56 heavy (non-hydrogen) atoms. The summed E-state index contributed by atoms with van der Waals surface area (Å²) in [6.45, 7) is 28.4. The van der Waals surface area contributed by atoms with Gasteiger partial charge in [-0.2, -0.15) is 0 Å². The van der Waals surface area contributed by atoms with E-state index in [9.17, 15) is 0 Å². The molecule has 0 amide bonds. The lowest BCUT2D eigenvalue weighted by Gasteiger charge is -2.19. The molecule has 8 fully saturated rings. The van der Waals surface area contributed by atoms with E-state index in [1.54, 1.807) is 0 Å². The number of piperidine rings is 2. The Morgan fingerprint density at radius 2 is 0.768 bits per heavy atom. The van der Waals surface area contributed by atoms with Crippen LogP contribution in [0.2, 0.25) is 0 Å². The Labute approximate surface area is 350 Å². The Morgan fingerprint density at radius 3 is 0.946 bits per heavy atom. The van der Waals surface area contributed by atoms with Crippen LogP contribution in [0.5, 0.6) is 0 Å². The SMILES string of the molecule is CC1CCCCC1.CC1CCCCC1.C[C@@H]1CCCCN1.C[C@@H]1CCCCO1.C[C@H]1CCCCN1.C[C@H]1CCCCO1.C[C@H]1CNCCN1.C[C@H]1COCCN1. The first-order valence-electron chi connectivity index (χ1n) is 24.6. The van der Waals surface area contributed by atoms with E-state index < -0.39 is 0 Å². The minimum absolute atomic E-state index is 0.536. The van der Waals surface area contributed by atoms with Crippen molar-refractivity contribution < 1.29 is 14.2 Å². The van der Waals surface area contributed by atoms with Crippen molar-refractivity contribution >= 4 is 0 Å². The molecule has 8 nitrogen and oxygen atoms in total. The lowest BCUT2D eigenvalue weighted by atomic mass is 9.91. The van der Waals surface area contributed by atoms with E-state index in [0.717, 1.165) is 76.5 Å². The Morgan fingerprint density at radius 1 is 0.339 bits per heavy atom. The molecule has 0 aromatic heterocycles. The van der Waals surface area contributed by atoms with Crippen LogP contribution in [0.3, 0.4) is 0 Å². The fourth-order valence-electron chi connectivity index (χ4n) is 7.96. The summed E-state index contributed by atoms with van der Waals surface area (Å²) in [5.74, 6) is 2.07. The molecule has 0 unspecified atom stereocenters. The van der Waals surface area contributed by atoms with Gasteiger partial charge < -0.3 is 40.8 Å². The molecule has 0 bridgehead atoms. The van der Waals surface area contributed by atoms with Crippen LogP contribution in [0.1, 0.15) is 197 Å². The summed E-state index contributed by atoms with van der Waals surface area (Å²) in [5, 5.41) is 16.6. The smallest absolute Gasteiger partial charge is 0.0617 e. The number of ether oxygens (including phenoxy) is 3. The molecular formula is C48H101N5O3. The fourth-order valence-corrected chi connectivity index (χ4v) is 7.96. The van der Waals surface area contributed by atoms with Crippen LogP contribution in [-0.4, -0.2) is 102 Å². The second-order valence-corrected chi connectivity index (χ2v) is 18.5. The van der Waals surface area contributed by atoms with Crippen LogP contribution in [-0.2, 0) is 14.2 Å². The Bertz CT molecular complexity index is 569. The number of hydrogen-bond donors (Lipinski definition) is 5. The van der Waals surface area contributed by atoms with Gasteiger partial charge in [-0.3, -0.25) is 0 Å². The fraction of sp³-hybridized carbons (Fsp3) is 1.00. The van der Waals surface area contributed by atoms with Gasteiger partial charge in [-0.25, -0.2) is 0 Å². The minimum Gasteiger partial charge on any atom is -0.379 e. The highest BCUT2D eigenvalue weighted by atomic mass is 16.5. The van der Waals surface area contributed by atoms with Gasteiger partial charge in [-0.05, 0) is 131 Å². The van der Waals surface area contributed by atoms with Crippen LogP contribution in [0.25, 0.3) is 0 Å². The molecule has 6 atom stereocenters. The van der Waals surface area contributed by atoms with E-state index in [4.69, 9.17) is 14.2 Å². The van der Waals surface area contributed by atoms with Crippen molar-refractivity contribution in [1.82, 2.24) is 26.6 Å². The molecule has 6 heterocycles. The summed E-state index contributed by atoms with van der Waals surface area (Å²) < 4.78 is 15.7. The normalized spacial score (nSPS) is 31.1. The molecule has 8 rings (SSSR count). The summed E-state index contributed by atoms with van der Waals surface area (Å²) in [7, 11) is 0. The van der Waals surface area contributed by atoms with Crippen LogP contribution in [0, 0.1) is 11.8 Å². The van der Waals surface area contributed by atoms with Gasteiger partial charge in [0.25, 0.3) is 0 Å². The molecule has 8 aliphatic rings. The van der Waals surface area contributed by atoms with Gasteiger partial charge in [0.15, 0.2) is 0 Å². The molecule has 0 radical (unpaired) electrons. The van der Waals surface area contributed by atoms with Gasteiger partial charge in [0.2, 0.25) is 0 Å². The third-order valence-corrected chi connectivity index (χ3v) is 12.1. The summed E-state index contributed by atoms with van der Waals surface area (Å²) in [6, 6.07) is 2.81. The van der Waals surface area contributed by atoms with Crippen molar-refractivity contribution in [2.75, 3.05) is 65.7 Å². The van der Waals surface area contributed by atoms with Crippen molar-refractivity contribution in [2.24, 2.45) is 11.8 Å². The van der Waals surface area contributed by atoms with Crippen molar-refractivity contribution in [1.29, 1.82) is 0 Å². The highest BCUT2D eigenvalue weighted by Gasteiger charge is 2.09. The van der Waals surface area contributed by atoms with E-state index in [2.05, 4.69) is 82.0 Å². The Kier molecular flexibility index (Phi) is 37.3. The summed E-state index contributed by atoms with van der Waals surface area (Å²) in [6.07, 6.45) is 32.1. The maximum atomic E-state index is 5.28. The first kappa shape index (κ1) is 53.7. The highest BCUT2D eigenvalue weighted by molar-refractivity contribution is 4.70. The number of piperazine rings is 1. The molecule has 336 valence electrons. The molecule has 8 heteroatoms. The van der Waals surface area contributed by atoms with E-state index in [-0.39, 0.29) is 0 Å². The van der Waals surface area contributed by atoms with Gasteiger partial charge in [0.05, 0.1) is 25.4 Å². The topological polar surface area (TPSA) is 87.8 Å². The highest BCUT2D eigenvalue weighted by Crippen LogP contribution is 2.23. The lowest BCUT2D eigenvalue weighted by molar-refractivity contribution is 0.0283. The largest absolute Gasteiger partial charge is 0.379 e. The van der Waals surface area contributed by atoms with Crippen molar-refractivity contribution in [2.45, 2.75) is 233 Å². The number of morpholine rings is 1. The molecule has 0 aromatic rings. The van der Waals surface area contributed by atoms with E-state index in [0.29, 0.717) is 24.3 Å². The van der Waals surface area contributed by atoms with Crippen LogP contribution >= 0.6 is 0 Å². The van der Waals surface area contributed by atoms with E-state index in [1.807, 2.05) is 0 Å². The molecule has 0 aromatic carbocycles. The maximum Gasteiger partial charge on any atom is 0.0617 e. The van der Waals surface area contributed by atoms with Crippen LogP contribution < -0.4 is 26.6 Å². The predicted molar refractivity (Wildman–Crippen MR) is 244 cm³/mol. The Hall–Kier alpha value is -0.320. The average Bonchev–Trinajstić information content (AvgIpc) is 3.22. The third kappa shape index (κ3) is 36.7. The van der Waals surface area contributed by atoms with E-state index >= 15 is 0 Å². The third-order valence-electron chi connectivity index (χ3n) is 12.1. The maximum absolute atomic E-state index is 5.28. The van der Waals surface area contributed by atoms with Gasteiger partial charge in [0, 0.05) is 63.6 Å². The van der Waals surface area contributed by atoms with Crippen molar-refractivity contribution in [3.63, 3.8) is 0 Å². The quantitative estimate of drug-likeness (QED) is 0.166. The summed E-state index contributed by atoms with van der Waals surface area (Å²) in [5.41, 5.74) is 0. The zero-order valence-electron chi connectivity index (χ0n) is 39.0. The Balaban J connectivity index is 0.000000320. The number of nitrogens with one attached hydrogen (secondary N) is 5. The predicted octanol–water partition coefficient (Wildman–Crippen LogP) is 10.2. The summed E-state index contributed by atoms with van der Waals surface area (Å²) in [4.78, 5) is 0. The second kappa shape index (κ2) is 38.9. The van der Waals surface area contributed by atoms with Crippen molar-refractivity contribution in [3.05, 3.63) is 0 Å². The molecular weight excluding hydrogens is 695 g/mol. The lowest BCUT2D eigenvalue weighted by Crippen LogP contribution is -2.46. The molecule has 6 aliphatic heterocycles. The molecule has 2 saturated carbocycles. The molecule has 2 aliphatic carbocycles. The van der Waals surface area contributed by atoms with Crippen molar-refractivity contribution in [3.8, 4) is 0 Å². The van der Waals surface area contributed by atoms with Crippen LogP contribution in [0.4, 0.5) is 0 Å². The van der Waals surface area contributed by atoms with Gasteiger partial charge in [-0.15, -0.1) is 0 Å². The minimum atomic E-state index is 0.536. The van der Waals surface area contributed by atoms with Gasteiger partial charge >= 0.3 is 0 Å². The molecule has 6 saturated heterocycles. The zero-order chi connectivity index (χ0) is 40.9. The average molecular weight is 796 g/mol.